The molecule has 19 heavy (non-hydrogen) atoms. The second-order valence-corrected chi connectivity index (χ2v) is 5.15. The highest BCUT2D eigenvalue weighted by molar-refractivity contribution is 5.76. The van der Waals surface area contributed by atoms with Crippen LogP contribution in [-0.2, 0) is 4.79 Å². The summed E-state index contributed by atoms with van der Waals surface area (Å²) in [6.45, 7) is 9.90. The van der Waals surface area contributed by atoms with Gasteiger partial charge in [0.15, 0.2) is 0 Å². The quantitative estimate of drug-likeness (QED) is 0.740. The predicted molar refractivity (Wildman–Crippen MR) is 81.7 cm³/mol. The molecule has 0 aliphatic rings. The molecule has 0 saturated heterocycles. The number of benzene rings is 1. The van der Waals surface area contributed by atoms with E-state index in [-0.39, 0.29) is 5.91 Å². The summed E-state index contributed by atoms with van der Waals surface area (Å²) in [6, 6.07) is 4.33. The maximum Gasteiger partial charge on any atom is 0.221 e. The van der Waals surface area contributed by atoms with Gasteiger partial charge in [0.25, 0.3) is 0 Å². The van der Waals surface area contributed by atoms with Crippen molar-refractivity contribution in [1.82, 2.24) is 5.32 Å². The van der Waals surface area contributed by atoms with Crippen LogP contribution >= 0.6 is 0 Å². The van der Waals surface area contributed by atoms with Crippen LogP contribution in [0.2, 0.25) is 0 Å². The van der Waals surface area contributed by atoms with Crippen LogP contribution in [0.15, 0.2) is 12.1 Å². The molecular formula is C16H26N2O. The van der Waals surface area contributed by atoms with E-state index in [1.165, 1.54) is 16.7 Å². The molecule has 0 aliphatic carbocycles. The Morgan fingerprint density at radius 1 is 1.11 bits per heavy atom. The van der Waals surface area contributed by atoms with Crippen molar-refractivity contribution in [1.29, 1.82) is 0 Å². The van der Waals surface area contributed by atoms with Gasteiger partial charge >= 0.3 is 0 Å². The summed E-state index contributed by atoms with van der Waals surface area (Å²) in [4.78, 5) is 11.6. The molecule has 0 atom stereocenters. The van der Waals surface area contributed by atoms with Crippen LogP contribution in [0.5, 0.6) is 0 Å². The normalized spacial score (nSPS) is 10.3. The largest absolute Gasteiger partial charge is 0.384 e. The lowest BCUT2D eigenvalue weighted by Crippen LogP contribution is -2.26. The van der Waals surface area contributed by atoms with Crippen LogP contribution in [0.3, 0.4) is 0 Å². The molecule has 1 aromatic carbocycles. The fourth-order valence-corrected chi connectivity index (χ4v) is 2.25. The lowest BCUT2D eigenvalue weighted by molar-refractivity contribution is -0.120. The highest BCUT2D eigenvalue weighted by atomic mass is 16.1. The fraction of sp³-hybridized carbons (Fsp3) is 0.562. The molecule has 0 spiro atoms. The van der Waals surface area contributed by atoms with Gasteiger partial charge in [-0.25, -0.2) is 0 Å². The molecule has 1 aromatic rings. The molecule has 1 rings (SSSR count). The summed E-state index contributed by atoms with van der Waals surface area (Å²) in [6.07, 6.45) is 2.69. The third-order valence-corrected chi connectivity index (χ3v) is 3.18. The number of nitrogens with one attached hydrogen (secondary N) is 2. The van der Waals surface area contributed by atoms with Gasteiger partial charge in [0.2, 0.25) is 5.91 Å². The maximum atomic E-state index is 11.6. The van der Waals surface area contributed by atoms with E-state index in [0.29, 0.717) is 13.0 Å². The van der Waals surface area contributed by atoms with Crippen LogP contribution in [0, 0.1) is 20.8 Å². The van der Waals surface area contributed by atoms with E-state index in [2.05, 4.69) is 50.5 Å². The van der Waals surface area contributed by atoms with Crippen molar-refractivity contribution in [2.75, 3.05) is 18.4 Å². The number of carbonyl (C=O) groups excluding carboxylic acids is 1. The molecule has 3 nitrogen and oxygen atoms in total. The Balaban J connectivity index is 2.39. The number of hydrogen-bond donors (Lipinski definition) is 2. The van der Waals surface area contributed by atoms with Gasteiger partial charge < -0.3 is 10.6 Å². The van der Waals surface area contributed by atoms with E-state index in [0.717, 1.165) is 25.1 Å². The van der Waals surface area contributed by atoms with Crippen molar-refractivity contribution in [3.8, 4) is 0 Å². The van der Waals surface area contributed by atoms with E-state index < -0.39 is 0 Å². The summed E-state index contributed by atoms with van der Waals surface area (Å²) in [5.74, 6) is 0.128. The lowest BCUT2D eigenvalue weighted by atomic mass is 10.1. The fourth-order valence-electron chi connectivity index (χ4n) is 2.25. The van der Waals surface area contributed by atoms with Gasteiger partial charge in [0, 0.05) is 25.2 Å². The summed E-state index contributed by atoms with van der Waals surface area (Å²) >= 11 is 0. The molecule has 0 bridgehead atoms. The summed E-state index contributed by atoms with van der Waals surface area (Å²) < 4.78 is 0. The first-order chi connectivity index (χ1) is 9.04. The molecule has 0 radical (unpaired) electrons. The van der Waals surface area contributed by atoms with Crippen LogP contribution in [0.4, 0.5) is 5.69 Å². The van der Waals surface area contributed by atoms with Crippen molar-refractivity contribution in [2.45, 2.75) is 47.0 Å². The number of amides is 1. The molecule has 106 valence electrons. The minimum absolute atomic E-state index is 0.128. The maximum absolute atomic E-state index is 11.6. The Labute approximate surface area is 116 Å². The van der Waals surface area contributed by atoms with Crippen molar-refractivity contribution < 1.29 is 4.79 Å². The van der Waals surface area contributed by atoms with Gasteiger partial charge in [-0.15, -0.1) is 0 Å². The van der Waals surface area contributed by atoms with E-state index in [4.69, 9.17) is 0 Å². The smallest absolute Gasteiger partial charge is 0.221 e. The molecule has 0 heterocycles. The lowest BCUT2D eigenvalue weighted by Gasteiger charge is -2.13. The monoisotopic (exact) mass is 262 g/mol. The average Bonchev–Trinajstić information content (AvgIpc) is 2.32. The second kappa shape index (κ2) is 7.82. The number of aryl methyl sites for hydroxylation is 3. The molecule has 0 aliphatic heterocycles. The van der Waals surface area contributed by atoms with Gasteiger partial charge in [0.05, 0.1) is 0 Å². The van der Waals surface area contributed by atoms with Crippen molar-refractivity contribution in [2.24, 2.45) is 0 Å². The summed E-state index contributed by atoms with van der Waals surface area (Å²) in [5, 5.41) is 6.30. The molecule has 0 aromatic heterocycles. The Kier molecular flexibility index (Phi) is 6.40. The Morgan fingerprint density at radius 2 is 1.74 bits per heavy atom. The number of anilines is 1. The average molecular weight is 262 g/mol. The second-order valence-electron chi connectivity index (χ2n) is 5.15. The van der Waals surface area contributed by atoms with Crippen LogP contribution in [0.1, 0.15) is 42.9 Å². The first-order valence-corrected chi connectivity index (χ1v) is 7.13. The molecule has 2 N–H and O–H groups in total. The Bertz CT molecular complexity index is 404. The highest BCUT2D eigenvalue weighted by Crippen LogP contribution is 2.21. The summed E-state index contributed by atoms with van der Waals surface area (Å²) in [7, 11) is 0. The van der Waals surface area contributed by atoms with Gasteiger partial charge in [-0.1, -0.05) is 31.0 Å². The predicted octanol–water partition coefficient (Wildman–Crippen LogP) is 3.33. The van der Waals surface area contributed by atoms with Gasteiger partial charge in [-0.3, -0.25) is 4.79 Å². The van der Waals surface area contributed by atoms with E-state index >= 15 is 0 Å². The highest BCUT2D eigenvalue weighted by Gasteiger charge is 2.04. The minimum atomic E-state index is 0.128. The molecular weight excluding hydrogens is 236 g/mol. The van der Waals surface area contributed by atoms with Gasteiger partial charge in [-0.2, -0.15) is 0 Å². The van der Waals surface area contributed by atoms with E-state index in [9.17, 15) is 4.79 Å². The number of unbranched alkanes of at least 4 members (excludes halogenated alkanes) is 1. The van der Waals surface area contributed by atoms with Crippen LogP contribution in [-0.4, -0.2) is 19.0 Å². The van der Waals surface area contributed by atoms with Crippen LogP contribution < -0.4 is 10.6 Å². The molecule has 0 unspecified atom stereocenters. The molecule has 0 fully saturated rings. The molecule has 3 heteroatoms. The number of hydrogen-bond acceptors (Lipinski definition) is 2. The summed E-state index contributed by atoms with van der Waals surface area (Å²) in [5.41, 5.74) is 4.91. The standard InChI is InChI=1S/C16H26N2O/c1-5-6-8-17-15(19)7-9-18-16-13(3)10-12(2)11-14(16)4/h10-11,18H,5-9H2,1-4H3,(H,17,19). The molecule has 0 saturated carbocycles. The SMILES string of the molecule is CCCCNC(=O)CCNc1c(C)cc(C)cc1C. The van der Waals surface area contributed by atoms with Crippen molar-refractivity contribution >= 4 is 11.6 Å². The van der Waals surface area contributed by atoms with E-state index in [1.807, 2.05) is 0 Å². The zero-order valence-electron chi connectivity index (χ0n) is 12.6. The van der Waals surface area contributed by atoms with Crippen molar-refractivity contribution in [3.63, 3.8) is 0 Å². The first kappa shape index (κ1) is 15.5. The number of carbonyl (C=O) groups is 1. The number of rotatable bonds is 7. The van der Waals surface area contributed by atoms with Crippen molar-refractivity contribution in [3.05, 3.63) is 28.8 Å². The third kappa shape index (κ3) is 5.33. The van der Waals surface area contributed by atoms with Gasteiger partial charge in [0.1, 0.15) is 0 Å². The minimum Gasteiger partial charge on any atom is -0.384 e. The molecule has 1 amide bonds. The zero-order valence-corrected chi connectivity index (χ0v) is 12.6. The first-order valence-electron chi connectivity index (χ1n) is 7.13. The topological polar surface area (TPSA) is 41.1 Å². The zero-order chi connectivity index (χ0) is 14.3. The third-order valence-electron chi connectivity index (χ3n) is 3.18. The Hall–Kier alpha value is -1.51. The Morgan fingerprint density at radius 3 is 2.32 bits per heavy atom. The van der Waals surface area contributed by atoms with Gasteiger partial charge in [-0.05, 0) is 38.3 Å². The van der Waals surface area contributed by atoms with Crippen LogP contribution in [0.25, 0.3) is 0 Å². The van der Waals surface area contributed by atoms with E-state index in [1.54, 1.807) is 0 Å².